The first-order chi connectivity index (χ1) is 10.9. The molecule has 2 aromatic rings. The van der Waals surface area contributed by atoms with Crippen molar-refractivity contribution in [1.82, 2.24) is 10.3 Å². The Morgan fingerprint density at radius 1 is 1.30 bits per heavy atom. The molecule has 0 unspecified atom stereocenters. The molecule has 1 amide bonds. The smallest absolute Gasteiger partial charge is 0.252 e. The summed E-state index contributed by atoms with van der Waals surface area (Å²) < 4.78 is 31.1. The summed E-state index contributed by atoms with van der Waals surface area (Å²) in [6.07, 6.45) is 2.81. The van der Waals surface area contributed by atoms with Gasteiger partial charge in [0.15, 0.2) is 9.84 Å². The Kier molecular flexibility index (Phi) is 5.38. The highest BCUT2D eigenvalue weighted by Gasteiger charge is 2.21. The van der Waals surface area contributed by atoms with E-state index in [1.807, 2.05) is 0 Å². The van der Waals surface area contributed by atoms with Gasteiger partial charge in [-0.3, -0.25) is 9.78 Å². The first kappa shape index (κ1) is 17.4. The summed E-state index contributed by atoms with van der Waals surface area (Å²) in [4.78, 5) is 15.6. The van der Waals surface area contributed by atoms with Crippen LogP contribution in [0.25, 0.3) is 0 Å². The van der Waals surface area contributed by atoms with Crippen LogP contribution < -0.4 is 10.1 Å². The maximum absolute atomic E-state index is 12.7. The molecule has 0 aliphatic heterocycles. The molecule has 1 N–H and O–H groups in total. The maximum atomic E-state index is 12.7. The summed E-state index contributed by atoms with van der Waals surface area (Å²) in [5.74, 6) is -0.335. The van der Waals surface area contributed by atoms with Crippen LogP contribution in [-0.4, -0.2) is 33.5 Å². The average Bonchev–Trinajstić information content (AvgIpc) is 2.54. The highest BCUT2D eigenvalue weighted by molar-refractivity contribution is 9.10. The van der Waals surface area contributed by atoms with Crippen molar-refractivity contribution < 1.29 is 17.9 Å². The van der Waals surface area contributed by atoms with Gasteiger partial charge in [-0.2, -0.15) is 0 Å². The van der Waals surface area contributed by atoms with E-state index in [0.717, 1.165) is 0 Å². The number of amides is 1. The lowest BCUT2D eigenvalue weighted by atomic mass is 10.2. The summed E-state index contributed by atoms with van der Waals surface area (Å²) in [5.41, 5.74) is 0.731. The maximum Gasteiger partial charge on any atom is 0.252 e. The predicted octanol–water partition coefficient (Wildman–Crippen LogP) is 2.19. The number of aromatic nitrogens is 1. The average molecular weight is 399 g/mol. The van der Waals surface area contributed by atoms with E-state index in [9.17, 15) is 13.2 Å². The highest BCUT2D eigenvalue weighted by Crippen LogP contribution is 2.29. The Balaban J connectivity index is 2.39. The molecule has 0 saturated heterocycles. The van der Waals surface area contributed by atoms with Crippen molar-refractivity contribution in [3.05, 3.63) is 52.3 Å². The first-order valence-electron chi connectivity index (χ1n) is 6.59. The molecule has 0 radical (unpaired) electrons. The lowest BCUT2D eigenvalue weighted by molar-refractivity contribution is 0.0962. The zero-order chi connectivity index (χ0) is 17.0. The minimum atomic E-state index is -3.65. The van der Waals surface area contributed by atoms with E-state index >= 15 is 0 Å². The van der Waals surface area contributed by atoms with Crippen LogP contribution in [-0.2, 0) is 15.6 Å². The molecule has 23 heavy (non-hydrogen) atoms. The minimum Gasteiger partial charge on any atom is -0.495 e. The predicted molar refractivity (Wildman–Crippen MR) is 89.2 cm³/mol. The van der Waals surface area contributed by atoms with Gasteiger partial charge >= 0.3 is 0 Å². The molecule has 1 aromatic carbocycles. The standard InChI is InChI=1S/C15H15BrN2O4S/c1-17-15(19)11-5-10(7-18-8-11)9-23(20,21)14-6-12(16)3-4-13(14)22-2/h3-8H,9H2,1-2H3,(H,17,19). The van der Waals surface area contributed by atoms with Gasteiger partial charge in [-0.1, -0.05) is 15.9 Å². The van der Waals surface area contributed by atoms with Crippen LogP contribution in [0.15, 0.2) is 46.0 Å². The number of hydrogen-bond donors (Lipinski definition) is 1. The second-order valence-electron chi connectivity index (χ2n) is 4.72. The van der Waals surface area contributed by atoms with Gasteiger partial charge in [-0.25, -0.2) is 8.42 Å². The molecule has 0 spiro atoms. The Hall–Kier alpha value is -1.93. The minimum absolute atomic E-state index is 0.0831. The van der Waals surface area contributed by atoms with Crippen molar-refractivity contribution >= 4 is 31.7 Å². The number of carbonyl (C=O) groups is 1. The molecule has 0 fully saturated rings. The number of ether oxygens (including phenoxy) is 1. The zero-order valence-corrected chi connectivity index (χ0v) is 14.9. The van der Waals surface area contributed by atoms with Crippen LogP contribution >= 0.6 is 15.9 Å². The number of nitrogens with zero attached hydrogens (tertiary/aromatic N) is 1. The number of halogens is 1. The van der Waals surface area contributed by atoms with E-state index in [1.54, 1.807) is 12.1 Å². The summed E-state index contributed by atoms with van der Waals surface area (Å²) >= 11 is 3.26. The molecule has 1 aromatic heterocycles. The summed E-state index contributed by atoms with van der Waals surface area (Å²) in [6, 6.07) is 6.28. The van der Waals surface area contributed by atoms with Crippen molar-refractivity contribution in [3.63, 3.8) is 0 Å². The van der Waals surface area contributed by atoms with Gasteiger partial charge in [-0.05, 0) is 29.8 Å². The number of rotatable bonds is 5. The van der Waals surface area contributed by atoms with Crippen LogP contribution in [0.1, 0.15) is 15.9 Å². The largest absolute Gasteiger partial charge is 0.495 e. The zero-order valence-electron chi connectivity index (χ0n) is 12.5. The Bertz CT molecular complexity index is 837. The van der Waals surface area contributed by atoms with E-state index < -0.39 is 9.84 Å². The molecular formula is C15H15BrN2O4S. The lowest BCUT2D eigenvalue weighted by Crippen LogP contribution is -2.18. The van der Waals surface area contributed by atoms with Crippen molar-refractivity contribution in [1.29, 1.82) is 0 Å². The molecule has 0 aliphatic carbocycles. The molecule has 0 saturated carbocycles. The number of hydrogen-bond acceptors (Lipinski definition) is 5. The van der Waals surface area contributed by atoms with Crippen molar-refractivity contribution in [2.24, 2.45) is 0 Å². The number of benzene rings is 1. The van der Waals surface area contributed by atoms with Gasteiger partial charge in [0.2, 0.25) is 0 Å². The number of pyridine rings is 1. The Labute approximate surface area is 142 Å². The molecule has 0 aliphatic rings. The normalized spacial score (nSPS) is 11.1. The van der Waals surface area contributed by atoms with Crippen LogP contribution in [0.3, 0.4) is 0 Å². The fraction of sp³-hybridized carbons (Fsp3) is 0.200. The van der Waals surface area contributed by atoms with Gasteiger partial charge in [0.25, 0.3) is 5.91 Å². The molecule has 122 valence electrons. The second-order valence-corrected chi connectivity index (χ2v) is 7.59. The number of nitrogens with one attached hydrogen (secondary N) is 1. The van der Waals surface area contributed by atoms with Gasteiger partial charge in [-0.15, -0.1) is 0 Å². The fourth-order valence-corrected chi connectivity index (χ4v) is 4.06. The Morgan fingerprint density at radius 2 is 2.04 bits per heavy atom. The van der Waals surface area contributed by atoms with Crippen molar-refractivity contribution in [3.8, 4) is 5.75 Å². The van der Waals surface area contributed by atoms with Crippen molar-refractivity contribution in [2.75, 3.05) is 14.2 Å². The highest BCUT2D eigenvalue weighted by atomic mass is 79.9. The van der Waals surface area contributed by atoms with Crippen LogP contribution in [0.2, 0.25) is 0 Å². The molecule has 8 heteroatoms. The van der Waals surface area contributed by atoms with E-state index in [1.165, 1.54) is 38.7 Å². The SMILES string of the molecule is CNC(=O)c1cncc(CS(=O)(=O)c2cc(Br)ccc2OC)c1. The summed E-state index contributed by atoms with van der Waals surface area (Å²) in [6.45, 7) is 0. The second kappa shape index (κ2) is 7.10. The summed E-state index contributed by atoms with van der Waals surface area (Å²) in [5, 5.41) is 2.47. The number of methoxy groups -OCH3 is 1. The molecule has 1 heterocycles. The molecule has 0 bridgehead atoms. The van der Waals surface area contributed by atoms with E-state index in [0.29, 0.717) is 15.6 Å². The third-order valence-corrected chi connectivity index (χ3v) is 5.30. The van der Waals surface area contributed by atoms with Crippen LogP contribution in [0.4, 0.5) is 0 Å². The Morgan fingerprint density at radius 3 is 2.70 bits per heavy atom. The van der Waals surface area contributed by atoms with Gasteiger partial charge < -0.3 is 10.1 Å². The van der Waals surface area contributed by atoms with Gasteiger partial charge in [0.1, 0.15) is 10.6 Å². The van der Waals surface area contributed by atoms with Crippen LogP contribution in [0, 0.1) is 0 Å². The van der Waals surface area contributed by atoms with E-state index in [4.69, 9.17) is 4.74 Å². The van der Waals surface area contributed by atoms with Gasteiger partial charge in [0.05, 0.1) is 18.4 Å². The summed E-state index contributed by atoms with van der Waals surface area (Å²) in [7, 11) is -0.744. The van der Waals surface area contributed by atoms with E-state index in [2.05, 4.69) is 26.2 Å². The van der Waals surface area contributed by atoms with E-state index in [-0.39, 0.29) is 22.3 Å². The quantitative estimate of drug-likeness (QED) is 0.833. The van der Waals surface area contributed by atoms with Crippen molar-refractivity contribution in [2.45, 2.75) is 10.6 Å². The molecule has 2 rings (SSSR count). The monoisotopic (exact) mass is 398 g/mol. The first-order valence-corrected chi connectivity index (χ1v) is 9.04. The molecule has 6 nitrogen and oxygen atoms in total. The number of carbonyl (C=O) groups excluding carboxylic acids is 1. The third kappa shape index (κ3) is 4.08. The molecule has 0 atom stereocenters. The van der Waals surface area contributed by atoms with Gasteiger partial charge in [0, 0.05) is 23.9 Å². The fourth-order valence-electron chi connectivity index (χ4n) is 2.03. The third-order valence-electron chi connectivity index (χ3n) is 3.10. The molecular weight excluding hydrogens is 384 g/mol. The van der Waals surface area contributed by atoms with Crippen LogP contribution in [0.5, 0.6) is 5.75 Å². The number of sulfone groups is 1. The topological polar surface area (TPSA) is 85.4 Å². The lowest BCUT2D eigenvalue weighted by Gasteiger charge is -2.10.